The number of aromatic nitrogens is 2. The molecular formula is C20H23N3O3S2. The highest BCUT2D eigenvalue weighted by Crippen LogP contribution is 2.30. The predicted molar refractivity (Wildman–Crippen MR) is 112 cm³/mol. The van der Waals surface area contributed by atoms with Crippen molar-refractivity contribution in [3.8, 4) is 0 Å². The van der Waals surface area contributed by atoms with E-state index in [0.717, 1.165) is 22.2 Å². The van der Waals surface area contributed by atoms with Gasteiger partial charge in [-0.15, -0.1) is 0 Å². The number of nitrogens with zero attached hydrogens (tertiary/aromatic N) is 2. The lowest BCUT2D eigenvalue weighted by Crippen LogP contribution is -2.16. The monoisotopic (exact) mass is 417 g/mol. The number of sulfonamides is 1. The Hall–Kier alpha value is -2.16. The van der Waals surface area contributed by atoms with E-state index in [1.54, 1.807) is 6.07 Å². The second-order valence-electron chi connectivity index (χ2n) is 6.78. The molecule has 28 heavy (non-hydrogen) atoms. The molecule has 8 heteroatoms. The van der Waals surface area contributed by atoms with Crippen LogP contribution in [-0.2, 0) is 16.6 Å². The first-order valence-electron chi connectivity index (χ1n) is 8.93. The van der Waals surface area contributed by atoms with E-state index in [2.05, 4.69) is 4.98 Å². The van der Waals surface area contributed by atoms with Crippen LogP contribution in [0, 0.1) is 13.8 Å². The van der Waals surface area contributed by atoms with Gasteiger partial charge in [-0.25, -0.2) is 18.5 Å². The molecule has 3 aromatic rings. The number of thioether (sulfide) groups is 1. The first-order valence-corrected chi connectivity index (χ1v) is 11.4. The van der Waals surface area contributed by atoms with Crippen LogP contribution in [0.15, 0.2) is 46.5 Å². The molecule has 6 nitrogen and oxygen atoms in total. The van der Waals surface area contributed by atoms with Gasteiger partial charge < -0.3 is 4.57 Å². The summed E-state index contributed by atoms with van der Waals surface area (Å²) in [6.07, 6.45) is 0. The lowest BCUT2D eigenvalue weighted by molar-refractivity contribution is 0.0993. The van der Waals surface area contributed by atoms with Gasteiger partial charge in [0.2, 0.25) is 10.0 Å². The second-order valence-corrected chi connectivity index (χ2v) is 9.65. The summed E-state index contributed by atoms with van der Waals surface area (Å²) in [4.78, 5) is 17.6. The lowest BCUT2D eigenvalue weighted by atomic mass is 10.0. The topological polar surface area (TPSA) is 95.0 Å². The molecule has 0 saturated carbocycles. The van der Waals surface area contributed by atoms with Gasteiger partial charge in [-0.2, -0.15) is 0 Å². The zero-order valence-electron chi connectivity index (χ0n) is 16.3. The van der Waals surface area contributed by atoms with Crippen molar-refractivity contribution in [2.75, 3.05) is 0 Å². The number of nitrogens with two attached hydrogens (primary N) is 1. The summed E-state index contributed by atoms with van der Waals surface area (Å²) >= 11 is 1.37. The maximum absolute atomic E-state index is 13.0. The number of imidazole rings is 1. The third kappa shape index (κ3) is 3.99. The third-order valence-corrected chi connectivity index (χ3v) is 6.64. The summed E-state index contributed by atoms with van der Waals surface area (Å²) in [5.74, 6) is 0.0473. The van der Waals surface area contributed by atoms with E-state index in [1.807, 2.05) is 50.5 Å². The molecule has 0 aliphatic rings. The van der Waals surface area contributed by atoms with Crippen molar-refractivity contribution < 1.29 is 13.2 Å². The Balaban J connectivity index is 1.96. The number of hydrogen-bond donors (Lipinski definition) is 1. The Kier molecular flexibility index (Phi) is 5.65. The van der Waals surface area contributed by atoms with Crippen LogP contribution in [0.1, 0.15) is 35.3 Å². The van der Waals surface area contributed by atoms with Gasteiger partial charge in [0, 0.05) is 12.1 Å². The molecule has 0 fully saturated rings. The number of rotatable bonds is 6. The molecule has 2 N–H and O–H groups in total. The first-order chi connectivity index (χ1) is 13.1. The Bertz CT molecular complexity index is 1170. The molecule has 0 saturated heterocycles. The second kappa shape index (κ2) is 7.69. The molecule has 0 aliphatic carbocycles. The smallest absolute Gasteiger partial charge is 0.238 e. The van der Waals surface area contributed by atoms with Crippen LogP contribution in [0.2, 0.25) is 0 Å². The number of ketones is 1. The van der Waals surface area contributed by atoms with Gasteiger partial charge in [-0.3, -0.25) is 4.79 Å². The zero-order chi connectivity index (χ0) is 20.6. The molecule has 1 atom stereocenters. The standard InChI is InChI=1S/C20H23N3O3S2/c1-5-23-18-9-8-15(28(21,25)26)11-17(18)22-20(23)27-14(4)19(24)16-10-12(2)6-7-13(16)3/h6-11,14H,5H2,1-4H3,(H2,21,25,26)/t14-/m0/s1. The number of fused-ring (bicyclic) bond motifs is 1. The van der Waals surface area contributed by atoms with Gasteiger partial charge in [0.15, 0.2) is 10.9 Å². The van der Waals surface area contributed by atoms with E-state index in [4.69, 9.17) is 5.14 Å². The van der Waals surface area contributed by atoms with Crippen molar-refractivity contribution in [1.29, 1.82) is 0 Å². The maximum atomic E-state index is 13.0. The molecule has 1 heterocycles. The lowest BCUT2D eigenvalue weighted by Gasteiger charge is -2.13. The van der Waals surface area contributed by atoms with Crippen molar-refractivity contribution in [1.82, 2.24) is 9.55 Å². The van der Waals surface area contributed by atoms with E-state index in [0.29, 0.717) is 17.2 Å². The minimum absolute atomic E-state index is 0.0248. The van der Waals surface area contributed by atoms with Crippen molar-refractivity contribution in [2.45, 2.75) is 49.5 Å². The number of carbonyl (C=O) groups excluding carboxylic acids is 1. The molecule has 3 rings (SSSR count). The number of primary sulfonamides is 1. The summed E-state index contributed by atoms with van der Waals surface area (Å²) in [5.41, 5.74) is 4.06. The summed E-state index contributed by atoms with van der Waals surface area (Å²) in [6.45, 7) is 8.39. The molecular weight excluding hydrogens is 394 g/mol. The molecule has 0 aliphatic heterocycles. The molecule has 0 unspecified atom stereocenters. The van der Waals surface area contributed by atoms with Gasteiger partial charge in [0.1, 0.15) is 0 Å². The Morgan fingerprint density at radius 1 is 1.21 bits per heavy atom. The number of aryl methyl sites for hydroxylation is 3. The van der Waals surface area contributed by atoms with Crippen molar-refractivity contribution in [2.24, 2.45) is 5.14 Å². The maximum Gasteiger partial charge on any atom is 0.238 e. The van der Waals surface area contributed by atoms with E-state index in [1.165, 1.54) is 23.9 Å². The highest BCUT2D eigenvalue weighted by Gasteiger charge is 2.22. The SMILES string of the molecule is CCn1c(S[C@@H](C)C(=O)c2cc(C)ccc2C)nc2cc(S(N)(=O)=O)ccc21. The van der Waals surface area contributed by atoms with Gasteiger partial charge in [-0.05, 0) is 57.5 Å². The van der Waals surface area contributed by atoms with Crippen LogP contribution in [0.3, 0.4) is 0 Å². The minimum Gasteiger partial charge on any atom is -0.319 e. The summed E-state index contributed by atoms with van der Waals surface area (Å²) in [5, 5.41) is 5.57. The highest BCUT2D eigenvalue weighted by molar-refractivity contribution is 8.00. The number of carbonyl (C=O) groups is 1. The Labute approximate surface area is 169 Å². The Morgan fingerprint density at radius 3 is 2.57 bits per heavy atom. The van der Waals surface area contributed by atoms with E-state index in [-0.39, 0.29) is 15.9 Å². The van der Waals surface area contributed by atoms with Gasteiger partial charge in [-0.1, -0.05) is 29.5 Å². The number of Topliss-reactive ketones (excluding diaryl/α,β-unsaturated/α-hetero) is 1. The first kappa shape index (κ1) is 20.6. The molecule has 2 aromatic carbocycles. The predicted octanol–water partition coefficient (Wildman–Crippen LogP) is 3.68. The van der Waals surface area contributed by atoms with Crippen LogP contribution in [-0.4, -0.2) is 29.0 Å². The Morgan fingerprint density at radius 2 is 1.93 bits per heavy atom. The largest absolute Gasteiger partial charge is 0.319 e. The molecule has 0 amide bonds. The fourth-order valence-electron chi connectivity index (χ4n) is 3.09. The van der Waals surface area contributed by atoms with Gasteiger partial charge in [0.05, 0.1) is 21.2 Å². The van der Waals surface area contributed by atoms with Crippen LogP contribution < -0.4 is 5.14 Å². The van der Waals surface area contributed by atoms with E-state index < -0.39 is 10.0 Å². The summed E-state index contributed by atoms with van der Waals surface area (Å²) in [7, 11) is -3.80. The van der Waals surface area contributed by atoms with Crippen LogP contribution >= 0.6 is 11.8 Å². The van der Waals surface area contributed by atoms with Gasteiger partial charge >= 0.3 is 0 Å². The van der Waals surface area contributed by atoms with E-state index >= 15 is 0 Å². The molecule has 0 spiro atoms. The van der Waals surface area contributed by atoms with Crippen molar-refractivity contribution in [3.05, 3.63) is 53.1 Å². The minimum atomic E-state index is -3.80. The number of hydrogen-bond acceptors (Lipinski definition) is 5. The molecule has 1 aromatic heterocycles. The van der Waals surface area contributed by atoms with Crippen molar-refractivity contribution in [3.63, 3.8) is 0 Å². The van der Waals surface area contributed by atoms with Crippen LogP contribution in [0.5, 0.6) is 0 Å². The number of benzene rings is 2. The quantitative estimate of drug-likeness (QED) is 0.488. The summed E-state index contributed by atoms with van der Waals surface area (Å²) in [6, 6.07) is 10.5. The summed E-state index contributed by atoms with van der Waals surface area (Å²) < 4.78 is 25.2. The average molecular weight is 418 g/mol. The average Bonchev–Trinajstić information content (AvgIpc) is 2.98. The normalized spacial score (nSPS) is 13.0. The molecule has 148 valence electrons. The highest BCUT2D eigenvalue weighted by atomic mass is 32.2. The van der Waals surface area contributed by atoms with Crippen LogP contribution in [0.4, 0.5) is 0 Å². The van der Waals surface area contributed by atoms with E-state index in [9.17, 15) is 13.2 Å². The van der Waals surface area contributed by atoms with Gasteiger partial charge in [0.25, 0.3) is 0 Å². The fourth-order valence-corrected chi connectivity index (χ4v) is 4.68. The third-order valence-electron chi connectivity index (χ3n) is 4.64. The zero-order valence-corrected chi connectivity index (χ0v) is 17.9. The van der Waals surface area contributed by atoms with Crippen LogP contribution in [0.25, 0.3) is 11.0 Å². The molecule has 0 radical (unpaired) electrons. The van der Waals surface area contributed by atoms with Crippen molar-refractivity contribution >= 4 is 38.6 Å². The molecule has 0 bridgehead atoms. The fraction of sp³-hybridized carbons (Fsp3) is 0.300.